The summed E-state index contributed by atoms with van der Waals surface area (Å²) in [5, 5.41) is 8.32. The van der Waals surface area contributed by atoms with Gasteiger partial charge in [0.15, 0.2) is 0 Å². The molecule has 2 amide bonds. The molecule has 0 spiro atoms. The molecular formula is C12H11F3N4O. The normalized spacial score (nSPS) is 10.7. The Labute approximate surface area is 112 Å². The molecule has 0 bridgehead atoms. The molecule has 0 saturated heterocycles. The van der Waals surface area contributed by atoms with Crippen LogP contribution in [0.5, 0.6) is 0 Å². The molecule has 5 nitrogen and oxygen atoms in total. The number of nitrogens with zero attached hydrogens (tertiary/aromatic N) is 2. The van der Waals surface area contributed by atoms with E-state index >= 15 is 0 Å². The van der Waals surface area contributed by atoms with Gasteiger partial charge in [-0.15, -0.1) is 0 Å². The lowest BCUT2D eigenvalue weighted by molar-refractivity contribution is 0.141. The summed E-state index contributed by atoms with van der Waals surface area (Å²) in [6.45, 7) is 0. The summed E-state index contributed by atoms with van der Waals surface area (Å²) in [7, 11) is 1.35. The van der Waals surface area contributed by atoms with E-state index in [1.54, 1.807) is 0 Å². The molecule has 0 aliphatic heterocycles. The number of aromatic nitrogens is 2. The number of aryl methyl sites for hydroxylation is 1. The van der Waals surface area contributed by atoms with E-state index in [-0.39, 0.29) is 11.4 Å². The van der Waals surface area contributed by atoms with E-state index in [4.69, 9.17) is 0 Å². The maximum atomic E-state index is 12.8. The summed E-state index contributed by atoms with van der Waals surface area (Å²) in [5.74, 6) is -0.441. The second kappa shape index (κ2) is 5.64. The molecule has 0 atom stereocenters. The quantitative estimate of drug-likeness (QED) is 0.909. The summed E-state index contributed by atoms with van der Waals surface area (Å²) in [6, 6.07) is 4.33. The highest BCUT2D eigenvalue weighted by atomic mass is 19.3. The number of nitrogens with one attached hydrogen (secondary N) is 2. The Morgan fingerprint density at radius 3 is 2.50 bits per heavy atom. The lowest BCUT2D eigenvalue weighted by Gasteiger charge is -2.08. The molecule has 2 aromatic rings. The number of hydrogen-bond donors (Lipinski definition) is 2. The minimum Gasteiger partial charge on any atom is -0.308 e. The van der Waals surface area contributed by atoms with E-state index in [2.05, 4.69) is 15.7 Å². The van der Waals surface area contributed by atoms with Crippen molar-refractivity contribution in [3.8, 4) is 0 Å². The third-order valence-electron chi connectivity index (χ3n) is 2.54. The molecule has 0 unspecified atom stereocenters. The van der Waals surface area contributed by atoms with Crippen LogP contribution in [0.2, 0.25) is 0 Å². The molecule has 0 fully saturated rings. The molecule has 106 valence electrons. The first-order chi connectivity index (χ1) is 9.47. The molecule has 1 aromatic carbocycles. The van der Waals surface area contributed by atoms with Crippen molar-refractivity contribution in [2.75, 3.05) is 10.6 Å². The first kappa shape index (κ1) is 13.9. The van der Waals surface area contributed by atoms with Crippen LogP contribution in [0, 0.1) is 5.82 Å². The zero-order valence-corrected chi connectivity index (χ0v) is 10.4. The van der Waals surface area contributed by atoms with Gasteiger partial charge in [0.25, 0.3) is 6.43 Å². The highest BCUT2D eigenvalue weighted by Gasteiger charge is 2.19. The van der Waals surface area contributed by atoms with Crippen LogP contribution in [0.15, 0.2) is 30.5 Å². The molecule has 2 rings (SSSR count). The molecule has 0 saturated carbocycles. The van der Waals surface area contributed by atoms with Crippen molar-refractivity contribution in [1.82, 2.24) is 9.78 Å². The zero-order chi connectivity index (χ0) is 14.7. The SMILES string of the molecule is Cn1ncc(NC(=O)Nc2ccc(F)cc2)c1C(F)F. The van der Waals surface area contributed by atoms with Crippen molar-refractivity contribution in [3.63, 3.8) is 0 Å². The summed E-state index contributed by atoms with van der Waals surface area (Å²) >= 11 is 0. The fourth-order valence-electron chi connectivity index (χ4n) is 1.62. The molecule has 20 heavy (non-hydrogen) atoms. The second-order valence-electron chi connectivity index (χ2n) is 3.95. The van der Waals surface area contributed by atoms with Gasteiger partial charge in [0, 0.05) is 12.7 Å². The summed E-state index contributed by atoms with van der Waals surface area (Å²) in [4.78, 5) is 11.7. The number of alkyl halides is 2. The van der Waals surface area contributed by atoms with E-state index in [0.29, 0.717) is 5.69 Å². The zero-order valence-electron chi connectivity index (χ0n) is 10.4. The fourth-order valence-corrected chi connectivity index (χ4v) is 1.62. The first-order valence-corrected chi connectivity index (χ1v) is 5.61. The molecule has 1 aromatic heterocycles. The number of anilines is 2. The topological polar surface area (TPSA) is 59.0 Å². The molecule has 1 heterocycles. The minimum atomic E-state index is -2.76. The van der Waals surface area contributed by atoms with Crippen molar-refractivity contribution in [1.29, 1.82) is 0 Å². The molecular weight excluding hydrogens is 273 g/mol. The summed E-state index contributed by atoms with van der Waals surface area (Å²) in [6.07, 6.45) is -1.63. The molecule has 0 aliphatic carbocycles. The number of amides is 2. The van der Waals surface area contributed by atoms with Gasteiger partial charge in [-0.1, -0.05) is 0 Å². The maximum absolute atomic E-state index is 12.8. The third kappa shape index (κ3) is 3.08. The predicted molar refractivity (Wildman–Crippen MR) is 67.2 cm³/mol. The fraction of sp³-hybridized carbons (Fsp3) is 0.167. The van der Waals surface area contributed by atoms with Gasteiger partial charge in [-0.3, -0.25) is 4.68 Å². The van der Waals surface area contributed by atoms with Crippen molar-refractivity contribution < 1.29 is 18.0 Å². The van der Waals surface area contributed by atoms with Crippen LogP contribution in [0.1, 0.15) is 12.1 Å². The lowest BCUT2D eigenvalue weighted by atomic mass is 10.3. The first-order valence-electron chi connectivity index (χ1n) is 5.61. The molecule has 0 aliphatic rings. The second-order valence-corrected chi connectivity index (χ2v) is 3.95. The average Bonchev–Trinajstić information content (AvgIpc) is 2.73. The Morgan fingerprint density at radius 2 is 1.90 bits per heavy atom. The Morgan fingerprint density at radius 1 is 1.25 bits per heavy atom. The number of carbonyl (C=O) groups is 1. The molecule has 8 heteroatoms. The lowest BCUT2D eigenvalue weighted by Crippen LogP contribution is -2.20. The highest BCUT2D eigenvalue weighted by molar-refractivity contribution is 6.00. The maximum Gasteiger partial charge on any atom is 0.323 e. The van der Waals surface area contributed by atoms with Gasteiger partial charge in [0.05, 0.1) is 11.9 Å². The van der Waals surface area contributed by atoms with Gasteiger partial charge in [-0.2, -0.15) is 5.10 Å². The minimum absolute atomic E-state index is 0.0814. The van der Waals surface area contributed by atoms with E-state index in [9.17, 15) is 18.0 Å². The van der Waals surface area contributed by atoms with E-state index in [1.165, 1.54) is 31.3 Å². The van der Waals surface area contributed by atoms with Crippen molar-refractivity contribution in [2.45, 2.75) is 6.43 Å². The standard InChI is InChI=1S/C12H11F3N4O/c1-19-10(11(14)15)9(6-16-19)18-12(20)17-8-4-2-7(13)3-5-8/h2-6,11H,1H3,(H2,17,18,20). The van der Waals surface area contributed by atoms with Gasteiger partial charge in [-0.05, 0) is 24.3 Å². The number of carbonyl (C=O) groups excluding carboxylic acids is 1. The van der Waals surface area contributed by atoms with Gasteiger partial charge < -0.3 is 10.6 Å². The average molecular weight is 284 g/mol. The molecule has 2 N–H and O–H groups in total. The van der Waals surface area contributed by atoms with Crippen LogP contribution >= 0.6 is 0 Å². The van der Waals surface area contributed by atoms with Crippen molar-refractivity contribution in [3.05, 3.63) is 42.0 Å². The smallest absolute Gasteiger partial charge is 0.308 e. The van der Waals surface area contributed by atoms with Crippen molar-refractivity contribution in [2.24, 2.45) is 7.05 Å². The van der Waals surface area contributed by atoms with Crippen LogP contribution in [0.3, 0.4) is 0 Å². The highest BCUT2D eigenvalue weighted by Crippen LogP contribution is 2.26. The number of urea groups is 1. The van der Waals surface area contributed by atoms with E-state index < -0.39 is 18.3 Å². The summed E-state index contributed by atoms with van der Waals surface area (Å²) < 4.78 is 39.2. The number of hydrogen-bond acceptors (Lipinski definition) is 2. The molecule has 0 radical (unpaired) electrons. The van der Waals surface area contributed by atoms with Gasteiger partial charge in [0.1, 0.15) is 11.5 Å². The third-order valence-corrected chi connectivity index (χ3v) is 2.54. The Kier molecular flexibility index (Phi) is 3.92. The number of halogens is 3. The number of rotatable bonds is 3. The Balaban J connectivity index is 2.07. The Hall–Kier alpha value is -2.51. The monoisotopic (exact) mass is 284 g/mol. The van der Waals surface area contributed by atoms with E-state index in [1.807, 2.05) is 0 Å². The van der Waals surface area contributed by atoms with Crippen LogP contribution in [-0.4, -0.2) is 15.8 Å². The van der Waals surface area contributed by atoms with Gasteiger partial charge >= 0.3 is 6.03 Å². The van der Waals surface area contributed by atoms with Crippen LogP contribution in [0.25, 0.3) is 0 Å². The number of benzene rings is 1. The van der Waals surface area contributed by atoms with Gasteiger partial charge in [0.2, 0.25) is 0 Å². The van der Waals surface area contributed by atoms with Crippen molar-refractivity contribution >= 4 is 17.4 Å². The van der Waals surface area contributed by atoms with Crippen LogP contribution < -0.4 is 10.6 Å². The van der Waals surface area contributed by atoms with E-state index in [0.717, 1.165) is 10.9 Å². The Bertz CT molecular complexity index is 610. The summed E-state index contributed by atoms with van der Waals surface area (Å²) in [5.41, 5.74) is -0.132. The van der Waals surface area contributed by atoms with Gasteiger partial charge in [-0.25, -0.2) is 18.0 Å². The van der Waals surface area contributed by atoms with Crippen LogP contribution in [0.4, 0.5) is 29.3 Å². The largest absolute Gasteiger partial charge is 0.323 e. The predicted octanol–water partition coefficient (Wildman–Crippen LogP) is 3.14. The van der Waals surface area contributed by atoms with Crippen LogP contribution in [-0.2, 0) is 7.05 Å².